The topological polar surface area (TPSA) is 58.6 Å². The number of ether oxygens (including phenoxy) is 1. The predicted octanol–water partition coefficient (Wildman–Crippen LogP) is 1.44. The van der Waals surface area contributed by atoms with Crippen LogP contribution in [0.25, 0.3) is 0 Å². The molecule has 0 spiro atoms. The van der Waals surface area contributed by atoms with Crippen LogP contribution in [0.3, 0.4) is 0 Å². The minimum atomic E-state index is -0.0276. The fraction of sp³-hybridized carbons (Fsp3) is 0.500. The molecule has 112 valence electrons. The Bertz CT molecular complexity index is 523. The second-order valence-corrected chi connectivity index (χ2v) is 5.67. The van der Waals surface area contributed by atoms with Gasteiger partial charge in [0.1, 0.15) is 5.75 Å². The highest BCUT2D eigenvalue weighted by molar-refractivity contribution is 5.94. The molecule has 0 bridgehead atoms. The molecular weight excluding hydrogens is 268 g/mol. The van der Waals surface area contributed by atoms with Crippen molar-refractivity contribution in [2.24, 2.45) is 5.92 Å². The van der Waals surface area contributed by atoms with E-state index in [4.69, 9.17) is 4.74 Å². The van der Waals surface area contributed by atoms with E-state index < -0.39 is 0 Å². The van der Waals surface area contributed by atoms with E-state index in [-0.39, 0.29) is 11.8 Å². The molecule has 2 fully saturated rings. The SMILES string of the molecule is O=C1CCN(C(=O)c2ccc(OCC3CC3)cc2)CCN1. The molecule has 3 rings (SSSR count). The van der Waals surface area contributed by atoms with Crippen LogP contribution in [0.2, 0.25) is 0 Å². The predicted molar refractivity (Wildman–Crippen MR) is 78.2 cm³/mol. The lowest BCUT2D eigenvalue weighted by Crippen LogP contribution is -2.34. The van der Waals surface area contributed by atoms with Gasteiger partial charge in [-0.3, -0.25) is 9.59 Å². The monoisotopic (exact) mass is 288 g/mol. The fourth-order valence-corrected chi connectivity index (χ4v) is 2.34. The van der Waals surface area contributed by atoms with Crippen LogP contribution in [-0.2, 0) is 4.79 Å². The highest BCUT2D eigenvalue weighted by Crippen LogP contribution is 2.29. The Morgan fingerprint density at radius 3 is 2.71 bits per heavy atom. The van der Waals surface area contributed by atoms with Crippen molar-refractivity contribution >= 4 is 11.8 Å². The lowest BCUT2D eigenvalue weighted by molar-refractivity contribution is -0.120. The average molecular weight is 288 g/mol. The largest absolute Gasteiger partial charge is 0.493 e. The minimum absolute atomic E-state index is 0.00845. The summed E-state index contributed by atoms with van der Waals surface area (Å²) in [5.41, 5.74) is 0.642. The molecule has 5 nitrogen and oxygen atoms in total. The summed E-state index contributed by atoms with van der Waals surface area (Å²) in [5.74, 6) is 1.51. The molecular formula is C16H20N2O3. The Labute approximate surface area is 124 Å². The van der Waals surface area contributed by atoms with Crippen molar-refractivity contribution in [3.05, 3.63) is 29.8 Å². The molecule has 0 unspecified atom stereocenters. The van der Waals surface area contributed by atoms with Crippen LogP contribution < -0.4 is 10.1 Å². The van der Waals surface area contributed by atoms with Crippen LogP contribution in [-0.4, -0.2) is 43.0 Å². The van der Waals surface area contributed by atoms with Crippen molar-refractivity contribution in [1.29, 1.82) is 0 Å². The zero-order valence-electron chi connectivity index (χ0n) is 12.0. The van der Waals surface area contributed by atoms with E-state index in [0.717, 1.165) is 12.4 Å². The first kappa shape index (κ1) is 13.9. The molecule has 1 aromatic carbocycles. The van der Waals surface area contributed by atoms with Gasteiger partial charge in [0.15, 0.2) is 0 Å². The zero-order valence-corrected chi connectivity index (χ0v) is 12.0. The average Bonchev–Trinajstić information content (AvgIpc) is 3.33. The van der Waals surface area contributed by atoms with Gasteiger partial charge < -0.3 is 15.0 Å². The van der Waals surface area contributed by atoms with Crippen LogP contribution in [0.5, 0.6) is 5.75 Å². The third kappa shape index (κ3) is 3.74. The van der Waals surface area contributed by atoms with Gasteiger partial charge in [0.2, 0.25) is 5.91 Å². The number of nitrogens with one attached hydrogen (secondary N) is 1. The van der Waals surface area contributed by atoms with Gasteiger partial charge in [-0.2, -0.15) is 0 Å². The first-order chi connectivity index (χ1) is 10.2. The van der Waals surface area contributed by atoms with Crippen LogP contribution >= 0.6 is 0 Å². The molecule has 0 atom stereocenters. The second kappa shape index (κ2) is 6.16. The van der Waals surface area contributed by atoms with E-state index in [1.165, 1.54) is 12.8 Å². The number of amides is 2. The Hall–Kier alpha value is -2.04. The van der Waals surface area contributed by atoms with Gasteiger partial charge in [-0.1, -0.05) is 0 Å². The lowest BCUT2D eigenvalue weighted by atomic mass is 10.2. The molecule has 1 aliphatic carbocycles. The lowest BCUT2D eigenvalue weighted by Gasteiger charge is -2.19. The van der Waals surface area contributed by atoms with Crippen LogP contribution in [0.1, 0.15) is 29.6 Å². The molecule has 1 saturated heterocycles. The molecule has 1 aromatic rings. The van der Waals surface area contributed by atoms with Crippen molar-refractivity contribution in [3.63, 3.8) is 0 Å². The molecule has 1 aliphatic heterocycles. The molecule has 0 radical (unpaired) electrons. The van der Waals surface area contributed by atoms with Crippen molar-refractivity contribution in [3.8, 4) is 5.75 Å². The Morgan fingerprint density at radius 1 is 1.24 bits per heavy atom. The standard InChI is InChI=1S/C16H20N2O3/c19-15-7-9-18(10-8-17-15)16(20)13-3-5-14(6-4-13)21-11-12-1-2-12/h3-6,12H,1-2,7-11H2,(H,17,19). The molecule has 0 aromatic heterocycles. The number of rotatable bonds is 4. The van der Waals surface area contributed by atoms with Crippen LogP contribution in [0, 0.1) is 5.92 Å². The van der Waals surface area contributed by atoms with E-state index in [1.54, 1.807) is 17.0 Å². The maximum absolute atomic E-state index is 12.4. The van der Waals surface area contributed by atoms with Gasteiger partial charge in [0.25, 0.3) is 5.91 Å². The summed E-state index contributed by atoms with van der Waals surface area (Å²) >= 11 is 0. The normalized spacial score (nSPS) is 18.9. The number of benzene rings is 1. The van der Waals surface area contributed by atoms with Gasteiger partial charge in [-0.05, 0) is 43.0 Å². The van der Waals surface area contributed by atoms with Crippen molar-refractivity contribution in [2.75, 3.05) is 26.2 Å². The first-order valence-corrected chi connectivity index (χ1v) is 7.51. The van der Waals surface area contributed by atoms with Gasteiger partial charge >= 0.3 is 0 Å². The van der Waals surface area contributed by atoms with Gasteiger partial charge in [-0.25, -0.2) is 0 Å². The third-order valence-corrected chi connectivity index (χ3v) is 3.88. The number of hydrogen-bond donors (Lipinski definition) is 1. The van der Waals surface area contributed by atoms with Crippen molar-refractivity contribution < 1.29 is 14.3 Å². The van der Waals surface area contributed by atoms with E-state index in [2.05, 4.69) is 5.32 Å². The third-order valence-electron chi connectivity index (χ3n) is 3.88. The summed E-state index contributed by atoms with van der Waals surface area (Å²) in [7, 11) is 0. The van der Waals surface area contributed by atoms with E-state index in [9.17, 15) is 9.59 Å². The summed E-state index contributed by atoms with van der Waals surface area (Å²) in [6.07, 6.45) is 2.89. The molecule has 1 saturated carbocycles. The van der Waals surface area contributed by atoms with Crippen molar-refractivity contribution in [2.45, 2.75) is 19.3 Å². The highest BCUT2D eigenvalue weighted by atomic mass is 16.5. The number of nitrogens with zero attached hydrogens (tertiary/aromatic N) is 1. The van der Waals surface area contributed by atoms with Gasteiger partial charge in [0, 0.05) is 31.6 Å². The second-order valence-electron chi connectivity index (χ2n) is 5.67. The maximum Gasteiger partial charge on any atom is 0.253 e. The number of carbonyl (C=O) groups excluding carboxylic acids is 2. The van der Waals surface area contributed by atoms with Crippen LogP contribution in [0.15, 0.2) is 24.3 Å². The van der Waals surface area contributed by atoms with E-state index >= 15 is 0 Å². The van der Waals surface area contributed by atoms with Crippen molar-refractivity contribution in [1.82, 2.24) is 10.2 Å². The Morgan fingerprint density at radius 2 is 2.00 bits per heavy atom. The number of carbonyl (C=O) groups is 2. The Balaban J connectivity index is 1.59. The molecule has 1 heterocycles. The quantitative estimate of drug-likeness (QED) is 0.912. The van der Waals surface area contributed by atoms with Crippen LogP contribution in [0.4, 0.5) is 0 Å². The summed E-state index contributed by atoms with van der Waals surface area (Å²) in [6.45, 7) is 2.33. The summed E-state index contributed by atoms with van der Waals surface area (Å²) in [4.78, 5) is 25.4. The molecule has 21 heavy (non-hydrogen) atoms. The molecule has 1 N–H and O–H groups in total. The molecule has 5 heteroatoms. The maximum atomic E-state index is 12.4. The summed E-state index contributed by atoms with van der Waals surface area (Å²) in [6, 6.07) is 7.28. The first-order valence-electron chi connectivity index (χ1n) is 7.51. The minimum Gasteiger partial charge on any atom is -0.493 e. The fourth-order valence-electron chi connectivity index (χ4n) is 2.34. The Kier molecular flexibility index (Phi) is 4.08. The van der Waals surface area contributed by atoms with Gasteiger partial charge in [-0.15, -0.1) is 0 Å². The smallest absolute Gasteiger partial charge is 0.253 e. The number of hydrogen-bond acceptors (Lipinski definition) is 3. The van der Waals surface area contributed by atoms with E-state index in [1.807, 2.05) is 12.1 Å². The zero-order chi connectivity index (χ0) is 14.7. The summed E-state index contributed by atoms with van der Waals surface area (Å²) < 4.78 is 5.66. The summed E-state index contributed by atoms with van der Waals surface area (Å²) in [5, 5.41) is 2.77. The van der Waals surface area contributed by atoms with Gasteiger partial charge in [0.05, 0.1) is 6.61 Å². The molecule has 2 amide bonds. The van der Waals surface area contributed by atoms with E-state index in [0.29, 0.717) is 37.5 Å². The molecule has 2 aliphatic rings. The highest BCUT2D eigenvalue weighted by Gasteiger charge is 2.22.